The molecule has 2 aliphatic carbocycles. The number of benzene rings is 4. The van der Waals surface area contributed by atoms with Crippen molar-refractivity contribution in [3.63, 3.8) is 0 Å². The molecule has 0 aliphatic heterocycles. The van der Waals surface area contributed by atoms with E-state index >= 15 is 0 Å². The highest BCUT2D eigenvalue weighted by Crippen LogP contribution is 2.50. The van der Waals surface area contributed by atoms with E-state index in [-0.39, 0.29) is 5.91 Å². The van der Waals surface area contributed by atoms with Gasteiger partial charge in [0.1, 0.15) is 11.5 Å². The smallest absolute Gasteiger partial charge is 0.314 e. The molecule has 2 saturated carbocycles. The summed E-state index contributed by atoms with van der Waals surface area (Å²) in [4.78, 5) is 32.6. The van der Waals surface area contributed by atoms with Gasteiger partial charge in [-0.1, -0.05) is 84.9 Å². The molecule has 0 saturated heterocycles. The molecular weight excluding hydrogens is 681 g/mol. The highest BCUT2D eigenvalue weighted by Gasteiger charge is 2.52. The third kappa shape index (κ3) is 8.28. The van der Waals surface area contributed by atoms with Crippen LogP contribution >= 0.6 is 22.7 Å². The van der Waals surface area contributed by atoms with Crippen LogP contribution in [0.25, 0.3) is 22.5 Å². The fourth-order valence-electron chi connectivity index (χ4n) is 5.66. The van der Waals surface area contributed by atoms with Crippen LogP contribution in [0.5, 0.6) is 11.5 Å². The number of hydrogen-bond acceptors (Lipinski definition) is 9. The quantitative estimate of drug-likeness (QED) is 0.135. The van der Waals surface area contributed by atoms with Crippen LogP contribution in [0.3, 0.4) is 0 Å². The number of carbonyl (C=O) groups excluding carboxylic acids is 1. The second-order valence-corrected chi connectivity index (χ2v) is 14.0. The van der Waals surface area contributed by atoms with Crippen LogP contribution in [-0.2, 0) is 20.4 Å². The second kappa shape index (κ2) is 15.6. The molecule has 2 aromatic heterocycles. The van der Waals surface area contributed by atoms with Crippen molar-refractivity contribution in [3.8, 4) is 34.0 Å². The number of carboxylic acid groups (broad SMARTS) is 1. The highest BCUT2D eigenvalue weighted by molar-refractivity contribution is 7.14. The summed E-state index contributed by atoms with van der Waals surface area (Å²) >= 11 is 2.92. The Kier molecular flexibility index (Phi) is 10.8. The number of ether oxygens (including phenoxy) is 2. The van der Waals surface area contributed by atoms with Crippen molar-refractivity contribution >= 4 is 44.8 Å². The zero-order chi connectivity index (χ0) is 35.8. The lowest BCUT2D eigenvalue weighted by molar-refractivity contribution is -0.140. The Labute approximate surface area is 304 Å². The lowest BCUT2D eigenvalue weighted by Gasteiger charge is -2.15. The van der Waals surface area contributed by atoms with E-state index in [0.717, 1.165) is 70.8 Å². The van der Waals surface area contributed by atoms with Gasteiger partial charge in [0.15, 0.2) is 10.3 Å². The zero-order valence-electron chi connectivity index (χ0n) is 28.2. The van der Waals surface area contributed by atoms with Crippen LogP contribution in [-0.4, -0.2) is 41.2 Å². The van der Waals surface area contributed by atoms with Crippen molar-refractivity contribution < 1.29 is 24.2 Å². The lowest BCUT2D eigenvalue weighted by atomic mass is 9.95. The molecule has 0 atom stereocenters. The van der Waals surface area contributed by atoms with Crippen LogP contribution in [0.4, 0.5) is 10.3 Å². The molecule has 8 rings (SSSR count). The number of rotatable bonds is 9. The van der Waals surface area contributed by atoms with Gasteiger partial charge in [-0.05, 0) is 61.1 Å². The van der Waals surface area contributed by atoms with Crippen molar-refractivity contribution in [3.05, 3.63) is 131 Å². The molecule has 11 heteroatoms. The lowest BCUT2D eigenvalue weighted by Crippen LogP contribution is -2.27. The van der Waals surface area contributed by atoms with Gasteiger partial charge in [0.2, 0.25) is 5.91 Å². The standard InChI is InChI=1S/C20H18N2O2S.C11H12O3.C9H8N2S/c1-24-16-9-7-15(8-10-16)20(11-12-20)18(23)22-19-21-17(13-25-19)14-5-3-2-4-6-14;1-14-9-4-2-8(3-5-9)11(6-7-11)10(12)13;10-9-11-8(6-12-9)7-4-2-1-3-5-7/h2-10,13H,11-12H2,1H3,(H,21,22,23);2-5H,6-7H2,1H3,(H,12,13);1-6H,(H2,10,11). The van der Waals surface area contributed by atoms with E-state index in [1.54, 1.807) is 26.4 Å². The first-order chi connectivity index (χ1) is 24.8. The molecule has 0 bridgehead atoms. The number of aromatic nitrogens is 2. The molecule has 4 N–H and O–H groups in total. The van der Waals surface area contributed by atoms with Crippen LogP contribution < -0.4 is 20.5 Å². The van der Waals surface area contributed by atoms with E-state index in [2.05, 4.69) is 15.3 Å². The summed E-state index contributed by atoms with van der Waals surface area (Å²) in [5.41, 5.74) is 10.4. The maximum absolute atomic E-state index is 12.8. The van der Waals surface area contributed by atoms with Crippen molar-refractivity contribution in [2.24, 2.45) is 0 Å². The maximum atomic E-state index is 12.8. The molecule has 2 fully saturated rings. The number of carbonyl (C=O) groups is 2. The van der Waals surface area contributed by atoms with E-state index in [1.807, 2.05) is 108 Å². The van der Waals surface area contributed by atoms with E-state index < -0.39 is 16.8 Å². The molecule has 2 heterocycles. The summed E-state index contributed by atoms with van der Waals surface area (Å²) in [6.07, 6.45) is 3.22. The number of nitrogen functional groups attached to an aromatic ring is 1. The predicted octanol–water partition coefficient (Wildman–Crippen LogP) is 8.69. The SMILES string of the molecule is COc1ccc(C2(C(=O)Nc3nc(-c4ccccc4)cs3)CC2)cc1.COc1ccc(C2(C(=O)O)CC2)cc1.Nc1nc(-c2ccccc2)cs1. The molecule has 4 aromatic carbocycles. The summed E-state index contributed by atoms with van der Waals surface area (Å²) < 4.78 is 10.2. The van der Waals surface area contributed by atoms with Gasteiger partial charge < -0.3 is 25.6 Å². The summed E-state index contributed by atoms with van der Waals surface area (Å²) in [5, 5.41) is 17.2. The third-order valence-electron chi connectivity index (χ3n) is 9.01. The van der Waals surface area contributed by atoms with Gasteiger partial charge in [0.05, 0.1) is 36.4 Å². The number of amides is 1. The zero-order valence-corrected chi connectivity index (χ0v) is 29.9. The molecule has 1 amide bonds. The van der Waals surface area contributed by atoms with E-state index in [9.17, 15) is 9.59 Å². The van der Waals surface area contributed by atoms with Crippen LogP contribution in [0.2, 0.25) is 0 Å². The second-order valence-electron chi connectivity index (χ2n) is 12.2. The number of hydrogen-bond donors (Lipinski definition) is 3. The first-order valence-electron chi connectivity index (χ1n) is 16.4. The number of nitrogens with one attached hydrogen (secondary N) is 1. The maximum Gasteiger partial charge on any atom is 0.314 e. The number of thiazole rings is 2. The van der Waals surface area contributed by atoms with Gasteiger partial charge in [0, 0.05) is 21.9 Å². The summed E-state index contributed by atoms with van der Waals surface area (Å²) in [6, 6.07) is 35.0. The number of nitrogens with zero attached hydrogens (tertiary/aromatic N) is 2. The van der Waals surface area contributed by atoms with Crippen LogP contribution in [0.1, 0.15) is 36.8 Å². The molecule has 0 spiro atoms. The predicted molar refractivity (Wildman–Crippen MR) is 204 cm³/mol. The topological polar surface area (TPSA) is 137 Å². The summed E-state index contributed by atoms with van der Waals surface area (Å²) in [7, 11) is 3.24. The fourth-order valence-corrected chi connectivity index (χ4v) is 6.95. The van der Waals surface area contributed by atoms with Crippen molar-refractivity contribution in [1.82, 2.24) is 9.97 Å². The van der Waals surface area contributed by atoms with Crippen molar-refractivity contribution in [1.29, 1.82) is 0 Å². The van der Waals surface area contributed by atoms with Gasteiger partial charge in [-0.25, -0.2) is 9.97 Å². The van der Waals surface area contributed by atoms with Gasteiger partial charge in [-0.15, -0.1) is 22.7 Å². The van der Waals surface area contributed by atoms with Gasteiger partial charge in [0.25, 0.3) is 0 Å². The monoisotopic (exact) mass is 718 g/mol. The third-order valence-corrected chi connectivity index (χ3v) is 10.4. The van der Waals surface area contributed by atoms with Gasteiger partial charge >= 0.3 is 5.97 Å². The van der Waals surface area contributed by atoms with E-state index in [0.29, 0.717) is 10.3 Å². The summed E-state index contributed by atoms with van der Waals surface area (Å²) in [5.74, 6) is 0.858. The molecular formula is C40H38N4O5S2. The van der Waals surface area contributed by atoms with Crippen molar-refractivity contribution in [2.75, 3.05) is 25.3 Å². The van der Waals surface area contributed by atoms with Crippen LogP contribution in [0, 0.1) is 0 Å². The average Bonchev–Trinajstić information content (AvgIpc) is 4.08. The first kappa shape index (κ1) is 35.3. The highest BCUT2D eigenvalue weighted by atomic mass is 32.1. The first-order valence-corrected chi connectivity index (χ1v) is 18.1. The molecule has 51 heavy (non-hydrogen) atoms. The number of nitrogens with two attached hydrogens (primary N) is 1. The number of anilines is 2. The minimum absolute atomic E-state index is 0.0200. The van der Waals surface area contributed by atoms with Crippen molar-refractivity contribution in [2.45, 2.75) is 36.5 Å². The fraction of sp³-hybridized carbons (Fsp3) is 0.200. The molecule has 0 radical (unpaired) electrons. The van der Waals surface area contributed by atoms with E-state index in [1.165, 1.54) is 22.7 Å². The molecule has 0 unspecified atom stereocenters. The van der Waals surface area contributed by atoms with E-state index in [4.69, 9.17) is 20.3 Å². The average molecular weight is 719 g/mol. The van der Waals surface area contributed by atoms with Gasteiger partial charge in [-0.3, -0.25) is 9.59 Å². The molecule has 2 aliphatic rings. The summed E-state index contributed by atoms with van der Waals surface area (Å²) in [6.45, 7) is 0. The Morgan fingerprint density at radius 3 is 1.53 bits per heavy atom. The normalized spacial score (nSPS) is 14.4. The Hall–Kier alpha value is -5.52. The molecule has 9 nitrogen and oxygen atoms in total. The number of methoxy groups -OCH3 is 2. The van der Waals surface area contributed by atoms with Crippen LogP contribution in [0.15, 0.2) is 120 Å². The Morgan fingerprint density at radius 1 is 0.667 bits per heavy atom. The Bertz CT molecular complexity index is 2060. The minimum Gasteiger partial charge on any atom is -0.497 e. The van der Waals surface area contributed by atoms with Gasteiger partial charge in [-0.2, -0.15) is 0 Å². The number of carboxylic acids is 1. The Balaban J connectivity index is 0.000000145. The molecule has 6 aromatic rings. The Morgan fingerprint density at radius 2 is 1.12 bits per heavy atom. The minimum atomic E-state index is -0.720. The molecule has 260 valence electrons. The number of aliphatic carboxylic acids is 1. The largest absolute Gasteiger partial charge is 0.497 e.